The third kappa shape index (κ3) is 13.8. The lowest BCUT2D eigenvalue weighted by Crippen LogP contribution is -2.65. The molecule has 16 atom stereocenters. The standard InChI is InChI=1S/C24H29N3O7.C24H29N3O6.C23H24N2O8.C22H24N2O6/c1-26(2)13-6-7-14(34-5)16-11(13)8-10-9-12-18(27(3)4)20(29)17(23(25)32)22(31)24(12,33)21(30)15(10)19(16)28;1-10-6-7-14(26(2)3)12-8-11-9-13-18(27(4)5)20(29)17(23(25)32)22(31)24(13,33)21(30)16(11)19(28)15(10)12;1-25(2)16-12-8-10-7-9-5-4-6-11(22(31)33-3)13(9)17(26)14(10)19(28)23(12,32)20(29)15(18(16)27)21(24)30;1-9-5-4-6-10-7-11-8-12-16(24(2)3)18(26)15(21(23)29)20(28)22(12,30)19(27)14(11)17(25)13(9)10/h6-7,10,12,18,28,31,33H,8-9H2,1-5H3,(H2,25,32);6-7,11,13,18,28,31,33H,8-9H2,1-5H3,(H2,25,32);4-6,10,12,16,26,29,32H,7-8H2,1-3H3,(H2,24,30);4-6,11-12,16,25,28,30H,7-8H2,1-3H3,(H2,23,29)/t10-,12-,18-,24-;11-,13-,18-,24-;10-,12-,16-,23-;11-,12-,16-,22-/m0000/s1. The van der Waals surface area contributed by atoms with Gasteiger partial charge in [0.25, 0.3) is 23.6 Å². The fourth-order valence-electron chi connectivity index (χ4n) is 22.5. The Kier molecular flexibility index (Phi) is 24.4. The number of esters is 1. The van der Waals surface area contributed by atoms with E-state index < -0.39 is 221 Å². The van der Waals surface area contributed by atoms with Crippen LogP contribution in [0.4, 0.5) is 11.4 Å². The van der Waals surface area contributed by atoms with Crippen LogP contribution in [0.15, 0.2) is 128 Å². The topological polar surface area (TPSA) is 607 Å². The third-order valence-corrected chi connectivity index (χ3v) is 28.1. The van der Waals surface area contributed by atoms with Crippen molar-refractivity contribution in [3.63, 3.8) is 0 Å². The van der Waals surface area contributed by atoms with Crippen LogP contribution < -0.4 is 37.5 Å². The van der Waals surface area contributed by atoms with E-state index in [0.29, 0.717) is 47.3 Å². The molecule has 12 aliphatic rings. The molecular weight excluding hydrogens is 1690 g/mol. The summed E-state index contributed by atoms with van der Waals surface area (Å²) in [6.07, 6.45) is 1.94. The van der Waals surface area contributed by atoms with Gasteiger partial charge in [-0.25, -0.2) is 4.79 Å². The molecule has 0 radical (unpaired) electrons. The quantitative estimate of drug-likeness (QED) is 0.0707. The maximum Gasteiger partial charge on any atom is 0.338 e. The average Bonchev–Trinajstić information content (AvgIpc) is 0.714. The largest absolute Gasteiger partial charge is 0.508 e. The van der Waals surface area contributed by atoms with Crippen LogP contribution in [0, 0.1) is 61.2 Å². The van der Waals surface area contributed by atoms with E-state index in [1.807, 2.05) is 88.2 Å². The van der Waals surface area contributed by atoms with Gasteiger partial charge in [0.05, 0.1) is 49.5 Å². The Balaban J connectivity index is 0.000000148. The average molecular weight is 1800 g/mol. The van der Waals surface area contributed by atoms with E-state index in [-0.39, 0.29) is 82.8 Å². The number of likely N-dealkylation sites (N-methyl/N-ethyl adjacent to an activating group) is 4. The predicted molar refractivity (Wildman–Crippen MR) is 466 cm³/mol. The van der Waals surface area contributed by atoms with E-state index in [9.17, 15) is 124 Å². The third-order valence-electron chi connectivity index (χ3n) is 28.1. The van der Waals surface area contributed by atoms with Crippen molar-refractivity contribution in [2.24, 2.45) is 70.3 Å². The molecule has 4 fully saturated rings. The van der Waals surface area contributed by atoms with Gasteiger partial charge in [0.15, 0.2) is 45.5 Å². The van der Waals surface area contributed by atoms with E-state index in [1.54, 1.807) is 74.6 Å². The number of hydrogen-bond donors (Lipinski definition) is 16. The van der Waals surface area contributed by atoms with Gasteiger partial charge < -0.3 is 103 Å². The molecule has 0 bridgehead atoms. The van der Waals surface area contributed by atoms with Crippen LogP contribution in [0.25, 0.3) is 23.0 Å². The van der Waals surface area contributed by atoms with Gasteiger partial charge in [-0.15, -0.1) is 0 Å². The fourth-order valence-corrected chi connectivity index (χ4v) is 22.5. The van der Waals surface area contributed by atoms with Crippen LogP contribution in [-0.2, 0) is 88.0 Å². The molecule has 4 aromatic carbocycles. The van der Waals surface area contributed by atoms with Crippen molar-refractivity contribution in [2.45, 2.75) is 112 Å². The summed E-state index contributed by atoms with van der Waals surface area (Å²) in [5.74, 6) is -23.9. The Morgan fingerprint density at radius 1 is 0.362 bits per heavy atom. The molecule has 0 saturated heterocycles. The van der Waals surface area contributed by atoms with Gasteiger partial charge in [0.1, 0.15) is 74.1 Å². The van der Waals surface area contributed by atoms with Gasteiger partial charge in [-0.05, 0) is 203 Å². The number of fused-ring (bicyclic) bond motifs is 12. The number of aliphatic hydroxyl groups excluding tert-OH is 8. The van der Waals surface area contributed by atoms with Gasteiger partial charge in [0.2, 0.25) is 23.1 Å². The number of nitrogens with zero attached hydrogens (tertiary/aromatic N) is 6. The number of ketones is 8. The lowest BCUT2D eigenvalue weighted by atomic mass is 9.57. The summed E-state index contributed by atoms with van der Waals surface area (Å²) >= 11 is 0. The zero-order valence-electron chi connectivity index (χ0n) is 74.3. The Hall–Kier alpha value is -13.0. The van der Waals surface area contributed by atoms with Crippen molar-refractivity contribution in [1.82, 2.24) is 19.6 Å². The van der Waals surface area contributed by atoms with Crippen LogP contribution in [0.1, 0.15) is 91.7 Å². The maximum atomic E-state index is 13.8. The number of benzene rings is 4. The second-order valence-electron chi connectivity index (χ2n) is 36.5. The van der Waals surface area contributed by atoms with Crippen LogP contribution in [0.5, 0.6) is 5.75 Å². The second-order valence-corrected chi connectivity index (χ2v) is 36.5. The number of aryl methyl sites for hydroxylation is 2. The van der Waals surface area contributed by atoms with Crippen molar-refractivity contribution in [3.05, 3.63) is 189 Å². The minimum atomic E-state index is -2.65. The molecule has 20 N–H and O–H groups in total. The van der Waals surface area contributed by atoms with E-state index in [2.05, 4.69) is 0 Å². The number of Topliss-reactive ketones (excluding diaryl/α,β-unsaturated/α-hetero) is 8. The summed E-state index contributed by atoms with van der Waals surface area (Å²) in [6.45, 7) is 3.63. The van der Waals surface area contributed by atoms with Gasteiger partial charge in [-0.3, -0.25) is 77.1 Å². The van der Waals surface area contributed by atoms with Gasteiger partial charge in [-0.1, -0.05) is 36.4 Å². The molecule has 690 valence electrons. The first-order valence-electron chi connectivity index (χ1n) is 41.7. The molecular formula is C93H106N10O27. The van der Waals surface area contributed by atoms with Gasteiger partial charge in [0, 0.05) is 102 Å². The molecule has 4 saturated carbocycles. The molecule has 37 nitrogen and oxygen atoms in total. The normalized spacial score (nSPS) is 29.3. The Morgan fingerprint density at radius 2 is 0.638 bits per heavy atom. The van der Waals surface area contributed by atoms with E-state index >= 15 is 0 Å². The number of methoxy groups -OCH3 is 2. The number of ether oxygens (including phenoxy) is 2. The van der Waals surface area contributed by atoms with Crippen molar-refractivity contribution < 1.29 is 133 Å². The molecule has 0 unspecified atom stereocenters. The molecule has 37 heteroatoms. The number of amides is 4. The van der Waals surface area contributed by atoms with Crippen molar-refractivity contribution in [2.75, 3.05) is 109 Å². The number of anilines is 2. The molecule has 0 spiro atoms. The van der Waals surface area contributed by atoms with E-state index in [1.165, 1.54) is 39.9 Å². The molecule has 12 aliphatic carbocycles. The predicted octanol–water partition coefficient (Wildman–Crippen LogP) is 1.58. The molecule has 16 rings (SSSR count). The molecule has 0 aliphatic heterocycles. The zero-order chi connectivity index (χ0) is 96.4. The van der Waals surface area contributed by atoms with E-state index in [0.717, 1.165) is 39.2 Å². The van der Waals surface area contributed by atoms with Gasteiger partial charge in [-0.2, -0.15) is 0 Å². The number of primary amides is 4. The molecule has 0 aromatic heterocycles. The summed E-state index contributed by atoms with van der Waals surface area (Å²) < 4.78 is 10.2. The number of carbonyl (C=O) groups is 13. The number of hydrogen-bond acceptors (Lipinski definition) is 33. The Morgan fingerprint density at radius 3 is 0.946 bits per heavy atom. The highest BCUT2D eigenvalue weighted by Crippen LogP contribution is 2.59. The first-order chi connectivity index (χ1) is 60.7. The van der Waals surface area contributed by atoms with Crippen LogP contribution in [0.3, 0.4) is 0 Å². The van der Waals surface area contributed by atoms with Gasteiger partial charge >= 0.3 is 5.97 Å². The van der Waals surface area contributed by atoms with Crippen molar-refractivity contribution in [3.8, 4) is 5.75 Å². The summed E-state index contributed by atoms with van der Waals surface area (Å²) in [5.41, 5.74) is 15.5. The lowest BCUT2D eigenvalue weighted by Gasteiger charge is -2.50. The van der Waals surface area contributed by atoms with Crippen molar-refractivity contribution >= 4 is 110 Å². The fraction of sp³-hybridized carbons (Fsp3) is 0.430. The highest BCUT2D eigenvalue weighted by molar-refractivity contribution is 6.28. The SMILES string of the molecule is COC(=O)c1cccc2c1C(O)=C1C(=O)[C@]3(O)C(O)=C(C(N)=O)C(=O)[C@@H](N(C)C)[C@@H]3C[C@@H]1C2.COc1ccc(N(C)C)c2c1C(O)=C1C(=O)[C@]3(O)C(O)=C(C(N)=O)C(=O)[C@@H](N(C)C)[C@@H]3C[C@@H]1C2.Cc1ccc(N(C)C)c2c1C(O)=C1C(=O)[C@]3(O)C(O)=C(C(N)=O)C(=O)[C@@H](N(C)C)[C@@H]3C[C@@H]1C2.Cc1cccc2c1C(O)=C1C(=O)[C@]3(O)C(O)=C(C(N)=O)C(=O)[C@@H](N(C)C)[C@@H]3C[C@@H]1C2. The summed E-state index contributed by atoms with van der Waals surface area (Å²) in [7, 11) is 22.8. The van der Waals surface area contributed by atoms with Crippen LogP contribution in [-0.4, -0.2) is 302 Å². The van der Waals surface area contributed by atoms with E-state index in [4.69, 9.17) is 32.4 Å². The molecule has 4 amide bonds. The Labute approximate surface area is 745 Å². The first-order valence-corrected chi connectivity index (χ1v) is 41.7. The maximum absolute atomic E-state index is 13.8. The molecule has 130 heavy (non-hydrogen) atoms. The minimum Gasteiger partial charge on any atom is -0.508 e. The summed E-state index contributed by atoms with van der Waals surface area (Å²) in [5, 5.41) is 134. The zero-order valence-corrected chi connectivity index (χ0v) is 74.3. The Bertz CT molecular complexity index is 6030. The smallest absolute Gasteiger partial charge is 0.338 e. The van der Waals surface area contributed by atoms with Crippen molar-refractivity contribution in [1.29, 1.82) is 0 Å². The highest BCUT2D eigenvalue weighted by Gasteiger charge is 2.69. The lowest BCUT2D eigenvalue weighted by molar-refractivity contribution is -0.155. The highest BCUT2D eigenvalue weighted by atomic mass is 16.5. The molecule has 4 aromatic rings. The number of aliphatic hydroxyl groups is 12. The minimum absolute atomic E-state index is 0.00230. The summed E-state index contributed by atoms with van der Waals surface area (Å²) in [4.78, 5) is 177. The summed E-state index contributed by atoms with van der Waals surface area (Å²) in [6, 6.07) is 13.4. The second kappa shape index (κ2) is 33.5. The van der Waals surface area contributed by atoms with Crippen LogP contribution in [0.2, 0.25) is 0 Å². The van der Waals surface area contributed by atoms with Crippen LogP contribution >= 0.6 is 0 Å². The molecule has 0 heterocycles. The number of rotatable bonds is 12. The number of nitrogens with two attached hydrogens (primary N) is 4. The first kappa shape index (κ1) is 94.6. The monoisotopic (exact) mass is 1790 g/mol. The number of carbonyl (C=O) groups excluding carboxylic acids is 13.